The molecule has 0 aliphatic heterocycles. The van der Waals surface area contributed by atoms with Gasteiger partial charge in [0.15, 0.2) is 0 Å². The molecule has 0 atom stereocenters. The maximum atomic E-state index is 12.9. The molecule has 1 aliphatic rings. The molecule has 1 aliphatic carbocycles. The number of carbonyl (C=O) groups is 1. The smallest absolute Gasteiger partial charge is 0.244 e. The Labute approximate surface area is 144 Å². The summed E-state index contributed by atoms with van der Waals surface area (Å²) in [5.74, 6) is -0.551. The van der Waals surface area contributed by atoms with Crippen molar-refractivity contribution in [2.75, 3.05) is 0 Å². The molecule has 0 spiro atoms. The topological polar surface area (TPSA) is 41.5 Å². The summed E-state index contributed by atoms with van der Waals surface area (Å²) in [5, 5.41) is 4.36. The van der Waals surface area contributed by atoms with E-state index in [2.05, 4.69) is 22.7 Å². The highest BCUT2D eigenvalue weighted by Crippen LogP contribution is 2.36. The molecule has 25 heavy (non-hydrogen) atoms. The maximum absolute atomic E-state index is 12.9. The average Bonchev–Trinajstić information content (AvgIpc) is 2.96. The van der Waals surface area contributed by atoms with Crippen LogP contribution in [0.25, 0.3) is 11.1 Å². The van der Waals surface area contributed by atoms with Gasteiger partial charge < -0.3 is 0 Å². The van der Waals surface area contributed by atoms with E-state index in [0.717, 1.165) is 33.5 Å². The van der Waals surface area contributed by atoms with E-state index >= 15 is 0 Å². The molecule has 3 aromatic carbocycles. The van der Waals surface area contributed by atoms with Gasteiger partial charge >= 0.3 is 0 Å². The molecule has 0 aromatic heterocycles. The molecule has 122 valence electrons. The van der Waals surface area contributed by atoms with Crippen molar-refractivity contribution in [2.45, 2.75) is 6.42 Å². The number of hydrogen-bond acceptors (Lipinski definition) is 2. The third-order valence-corrected chi connectivity index (χ3v) is 4.22. The highest BCUT2D eigenvalue weighted by molar-refractivity contribution is 6.24. The summed E-state index contributed by atoms with van der Waals surface area (Å²) >= 11 is 0. The number of rotatable bonds is 3. The van der Waals surface area contributed by atoms with Crippen LogP contribution < -0.4 is 5.43 Å². The zero-order chi connectivity index (χ0) is 17.2. The Morgan fingerprint density at radius 3 is 1.88 bits per heavy atom. The van der Waals surface area contributed by atoms with Gasteiger partial charge in [0.2, 0.25) is 5.91 Å². The highest BCUT2D eigenvalue weighted by Gasteiger charge is 2.24. The third kappa shape index (κ3) is 2.94. The van der Waals surface area contributed by atoms with Crippen molar-refractivity contribution in [2.24, 2.45) is 5.10 Å². The fourth-order valence-electron chi connectivity index (χ4n) is 3.06. The molecule has 1 amide bonds. The van der Waals surface area contributed by atoms with Crippen molar-refractivity contribution in [3.05, 3.63) is 95.3 Å². The lowest BCUT2D eigenvalue weighted by Gasteiger charge is -2.04. The quantitative estimate of drug-likeness (QED) is 0.568. The van der Waals surface area contributed by atoms with E-state index in [0.29, 0.717) is 0 Å². The standard InChI is InChI=1S/C21H15FN2O/c22-15-11-9-14(10-12-15)13-20(25)23-24-21-18-7-3-1-5-16(18)17-6-2-4-8-19(17)21/h1-12H,13H2,(H,23,25). The Bertz CT molecular complexity index is 930. The second kappa shape index (κ2) is 6.32. The van der Waals surface area contributed by atoms with Gasteiger partial charge in [0.1, 0.15) is 5.82 Å². The Morgan fingerprint density at radius 2 is 1.32 bits per heavy atom. The second-order valence-electron chi connectivity index (χ2n) is 5.89. The molecule has 0 heterocycles. The number of amides is 1. The van der Waals surface area contributed by atoms with Gasteiger partial charge in [-0.2, -0.15) is 5.10 Å². The fourth-order valence-corrected chi connectivity index (χ4v) is 3.06. The van der Waals surface area contributed by atoms with E-state index < -0.39 is 0 Å². The van der Waals surface area contributed by atoms with Crippen LogP contribution in [-0.2, 0) is 11.2 Å². The number of hydrazone groups is 1. The van der Waals surface area contributed by atoms with Crippen LogP contribution in [0.5, 0.6) is 0 Å². The Hall–Kier alpha value is -3.27. The minimum Gasteiger partial charge on any atom is -0.273 e. The lowest BCUT2D eigenvalue weighted by molar-refractivity contribution is -0.120. The van der Waals surface area contributed by atoms with Crippen LogP contribution in [0.4, 0.5) is 4.39 Å². The van der Waals surface area contributed by atoms with Crippen LogP contribution in [0.2, 0.25) is 0 Å². The number of hydrogen-bond donors (Lipinski definition) is 1. The molecule has 4 heteroatoms. The summed E-state index contributed by atoms with van der Waals surface area (Å²) in [6.45, 7) is 0. The molecule has 4 rings (SSSR count). The molecular formula is C21H15FN2O. The van der Waals surface area contributed by atoms with Crippen LogP contribution in [0.15, 0.2) is 77.9 Å². The summed E-state index contributed by atoms with van der Waals surface area (Å²) in [7, 11) is 0. The third-order valence-electron chi connectivity index (χ3n) is 4.22. The first-order valence-electron chi connectivity index (χ1n) is 8.02. The minimum atomic E-state index is -0.316. The van der Waals surface area contributed by atoms with Gasteiger partial charge in [-0.05, 0) is 28.8 Å². The van der Waals surface area contributed by atoms with Crippen molar-refractivity contribution in [3.8, 4) is 11.1 Å². The number of nitrogens with zero attached hydrogens (tertiary/aromatic N) is 1. The molecule has 0 saturated carbocycles. The lowest BCUT2D eigenvalue weighted by Crippen LogP contribution is -2.21. The highest BCUT2D eigenvalue weighted by atomic mass is 19.1. The molecule has 1 N–H and O–H groups in total. The predicted molar refractivity (Wildman–Crippen MR) is 95.8 cm³/mol. The first-order valence-corrected chi connectivity index (χ1v) is 8.02. The normalized spacial score (nSPS) is 11.6. The fraction of sp³-hybridized carbons (Fsp3) is 0.0476. The monoisotopic (exact) mass is 330 g/mol. The van der Waals surface area contributed by atoms with Gasteiger partial charge in [-0.25, -0.2) is 9.82 Å². The zero-order valence-electron chi connectivity index (χ0n) is 13.4. The SMILES string of the molecule is O=C(Cc1ccc(F)cc1)NN=C1c2ccccc2-c2ccccc21. The molecule has 3 nitrogen and oxygen atoms in total. The van der Waals surface area contributed by atoms with Crippen molar-refractivity contribution in [1.29, 1.82) is 0 Å². The molecule has 0 radical (unpaired) electrons. The number of carbonyl (C=O) groups excluding carboxylic acids is 1. The summed E-state index contributed by atoms with van der Waals surface area (Å²) in [4.78, 5) is 12.2. The van der Waals surface area contributed by atoms with E-state index in [1.165, 1.54) is 12.1 Å². The van der Waals surface area contributed by atoms with E-state index in [4.69, 9.17) is 0 Å². The number of nitrogens with one attached hydrogen (secondary N) is 1. The molecule has 0 bridgehead atoms. The summed E-state index contributed by atoms with van der Waals surface area (Å²) in [5.41, 5.74) is 8.37. The molecule has 0 fully saturated rings. The number of benzene rings is 3. The van der Waals surface area contributed by atoms with Crippen molar-refractivity contribution in [3.63, 3.8) is 0 Å². The molecule has 0 unspecified atom stereocenters. The second-order valence-corrected chi connectivity index (χ2v) is 5.89. The minimum absolute atomic E-state index is 0.153. The zero-order valence-corrected chi connectivity index (χ0v) is 13.4. The van der Waals surface area contributed by atoms with Gasteiger partial charge in [0.25, 0.3) is 0 Å². The lowest BCUT2D eigenvalue weighted by atomic mass is 10.1. The summed E-state index contributed by atoms with van der Waals surface area (Å²) in [6, 6.07) is 21.9. The van der Waals surface area contributed by atoms with Crippen LogP contribution in [0.3, 0.4) is 0 Å². The van der Waals surface area contributed by atoms with Gasteiger partial charge in [-0.15, -0.1) is 0 Å². The molecular weight excluding hydrogens is 315 g/mol. The first kappa shape index (κ1) is 15.3. The number of fused-ring (bicyclic) bond motifs is 3. The van der Waals surface area contributed by atoms with Gasteiger partial charge in [0, 0.05) is 11.1 Å². The first-order chi connectivity index (χ1) is 12.2. The van der Waals surface area contributed by atoms with E-state index in [-0.39, 0.29) is 18.1 Å². The van der Waals surface area contributed by atoms with Gasteiger partial charge in [-0.3, -0.25) is 4.79 Å². The maximum Gasteiger partial charge on any atom is 0.244 e. The van der Waals surface area contributed by atoms with Gasteiger partial charge in [0.05, 0.1) is 12.1 Å². The van der Waals surface area contributed by atoms with E-state index in [9.17, 15) is 9.18 Å². The van der Waals surface area contributed by atoms with Crippen LogP contribution in [0.1, 0.15) is 16.7 Å². The van der Waals surface area contributed by atoms with Crippen LogP contribution >= 0.6 is 0 Å². The van der Waals surface area contributed by atoms with Crippen molar-refractivity contribution < 1.29 is 9.18 Å². The van der Waals surface area contributed by atoms with Crippen molar-refractivity contribution >= 4 is 11.6 Å². The van der Waals surface area contributed by atoms with Gasteiger partial charge in [-0.1, -0.05) is 60.7 Å². The molecule has 0 saturated heterocycles. The Morgan fingerprint density at radius 1 is 0.800 bits per heavy atom. The molecule has 3 aromatic rings. The van der Waals surface area contributed by atoms with E-state index in [1.54, 1.807) is 12.1 Å². The van der Waals surface area contributed by atoms with Crippen LogP contribution in [0, 0.1) is 5.82 Å². The predicted octanol–water partition coefficient (Wildman–Crippen LogP) is 3.92. The summed E-state index contributed by atoms with van der Waals surface area (Å²) < 4.78 is 12.9. The number of halogens is 1. The summed E-state index contributed by atoms with van der Waals surface area (Å²) in [6.07, 6.45) is 0.153. The Balaban J connectivity index is 1.59. The van der Waals surface area contributed by atoms with Crippen molar-refractivity contribution in [1.82, 2.24) is 5.43 Å². The average molecular weight is 330 g/mol. The van der Waals surface area contributed by atoms with Crippen LogP contribution in [-0.4, -0.2) is 11.6 Å². The largest absolute Gasteiger partial charge is 0.273 e. The van der Waals surface area contributed by atoms with E-state index in [1.807, 2.05) is 36.4 Å². The Kier molecular flexibility index (Phi) is 3.86.